The number of nitrogens with one attached hydrogen (secondary N) is 1. The van der Waals surface area contributed by atoms with E-state index in [0.717, 1.165) is 29.9 Å². The second kappa shape index (κ2) is 6.35. The standard InChI is InChI=1S/C18H18N6O/c1-23-18(20-21-22-23)14-6-4-7-15(11-14)19-12-17(25)24-10-9-13-5-2-3-8-16(13)24/h2-8,11,19H,9-10,12H2,1H3. The lowest BCUT2D eigenvalue weighted by atomic mass is 10.2. The van der Waals surface area contributed by atoms with Crippen molar-refractivity contribution in [1.82, 2.24) is 20.2 Å². The van der Waals surface area contributed by atoms with E-state index in [2.05, 4.69) is 26.9 Å². The number of hydrogen-bond acceptors (Lipinski definition) is 5. The predicted molar refractivity (Wildman–Crippen MR) is 95.2 cm³/mol. The maximum absolute atomic E-state index is 12.6. The molecule has 1 aromatic heterocycles. The average molecular weight is 334 g/mol. The molecule has 7 heteroatoms. The van der Waals surface area contributed by atoms with Crippen LogP contribution in [0.3, 0.4) is 0 Å². The third-order valence-electron chi connectivity index (χ3n) is 4.37. The molecule has 0 bridgehead atoms. The van der Waals surface area contributed by atoms with Gasteiger partial charge in [-0.2, -0.15) is 0 Å². The van der Waals surface area contributed by atoms with Crippen molar-refractivity contribution in [1.29, 1.82) is 0 Å². The number of rotatable bonds is 4. The number of aromatic nitrogens is 4. The van der Waals surface area contributed by atoms with Crippen molar-refractivity contribution in [3.8, 4) is 11.4 Å². The quantitative estimate of drug-likeness (QED) is 0.788. The van der Waals surface area contributed by atoms with Crippen LogP contribution in [-0.4, -0.2) is 39.2 Å². The zero-order chi connectivity index (χ0) is 17.2. The summed E-state index contributed by atoms with van der Waals surface area (Å²) in [5, 5.41) is 14.7. The van der Waals surface area contributed by atoms with Crippen molar-refractivity contribution < 1.29 is 4.79 Å². The highest BCUT2D eigenvalue weighted by Gasteiger charge is 2.23. The van der Waals surface area contributed by atoms with Crippen LogP contribution in [-0.2, 0) is 18.3 Å². The Balaban J connectivity index is 1.46. The Kier molecular flexibility index (Phi) is 3.89. The smallest absolute Gasteiger partial charge is 0.246 e. The molecule has 1 aliphatic heterocycles. The van der Waals surface area contributed by atoms with Gasteiger partial charge in [-0.1, -0.05) is 30.3 Å². The SMILES string of the molecule is Cn1nnnc1-c1cccc(NCC(=O)N2CCc3ccccc32)c1. The number of anilines is 2. The van der Waals surface area contributed by atoms with E-state index in [1.165, 1.54) is 5.56 Å². The Morgan fingerprint density at radius 3 is 2.92 bits per heavy atom. The summed E-state index contributed by atoms with van der Waals surface area (Å²) in [6.45, 7) is 0.985. The molecular weight excluding hydrogens is 316 g/mol. The Labute approximate surface area is 145 Å². The first kappa shape index (κ1) is 15.3. The molecule has 4 rings (SSSR count). The minimum atomic E-state index is 0.0654. The van der Waals surface area contributed by atoms with E-state index in [-0.39, 0.29) is 12.5 Å². The van der Waals surface area contributed by atoms with Gasteiger partial charge in [0.25, 0.3) is 0 Å². The predicted octanol–water partition coefficient (Wildman–Crippen LogP) is 1.88. The number of hydrogen-bond donors (Lipinski definition) is 1. The molecule has 0 unspecified atom stereocenters. The molecule has 0 aliphatic carbocycles. The van der Waals surface area contributed by atoms with Crippen LogP contribution in [0.4, 0.5) is 11.4 Å². The van der Waals surface area contributed by atoms with Gasteiger partial charge in [0.15, 0.2) is 5.82 Å². The van der Waals surface area contributed by atoms with Gasteiger partial charge in [-0.15, -0.1) is 5.10 Å². The molecule has 25 heavy (non-hydrogen) atoms. The summed E-state index contributed by atoms with van der Waals surface area (Å²) >= 11 is 0. The molecule has 2 aromatic carbocycles. The number of tetrazole rings is 1. The van der Waals surface area contributed by atoms with Crippen LogP contribution >= 0.6 is 0 Å². The van der Waals surface area contributed by atoms with Gasteiger partial charge in [-0.25, -0.2) is 4.68 Å². The minimum Gasteiger partial charge on any atom is -0.376 e. The Morgan fingerprint density at radius 2 is 2.08 bits per heavy atom. The van der Waals surface area contributed by atoms with E-state index in [0.29, 0.717) is 5.82 Å². The fraction of sp³-hybridized carbons (Fsp3) is 0.222. The summed E-state index contributed by atoms with van der Waals surface area (Å²) < 4.78 is 1.62. The number of carbonyl (C=O) groups excluding carboxylic acids is 1. The summed E-state index contributed by atoms with van der Waals surface area (Å²) in [6.07, 6.45) is 0.913. The molecule has 1 amide bonds. The summed E-state index contributed by atoms with van der Waals surface area (Å²) in [4.78, 5) is 14.4. The molecule has 0 spiro atoms. The molecule has 126 valence electrons. The van der Waals surface area contributed by atoms with Gasteiger partial charge in [0.05, 0.1) is 6.54 Å². The second-order valence-corrected chi connectivity index (χ2v) is 5.98. The molecule has 2 heterocycles. The lowest BCUT2D eigenvalue weighted by Gasteiger charge is -2.18. The van der Waals surface area contributed by atoms with Crippen molar-refractivity contribution in [2.75, 3.05) is 23.3 Å². The van der Waals surface area contributed by atoms with Gasteiger partial charge >= 0.3 is 0 Å². The average Bonchev–Trinajstić information content (AvgIpc) is 3.26. The first-order valence-electron chi connectivity index (χ1n) is 8.17. The summed E-state index contributed by atoms with van der Waals surface area (Å²) in [5.41, 5.74) is 4.01. The summed E-state index contributed by atoms with van der Waals surface area (Å²) in [5.74, 6) is 0.749. The van der Waals surface area contributed by atoms with E-state index >= 15 is 0 Å². The van der Waals surface area contributed by atoms with Crippen molar-refractivity contribution in [2.24, 2.45) is 7.05 Å². The van der Waals surface area contributed by atoms with E-state index in [1.54, 1.807) is 11.7 Å². The summed E-state index contributed by atoms with van der Waals surface area (Å²) in [6, 6.07) is 15.8. The first-order valence-corrected chi connectivity index (χ1v) is 8.17. The lowest BCUT2D eigenvalue weighted by molar-refractivity contribution is -0.116. The topological polar surface area (TPSA) is 75.9 Å². The number of nitrogens with zero attached hydrogens (tertiary/aromatic N) is 5. The molecular formula is C18H18N6O. The Bertz CT molecular complexity index is 919. The highest BCUT2D eigenvalue weighted by molar-refractivity contribution is 5.98. The van der Waals surface area contributed by atoms with Gasteiger partial charge in [-0.3, -0.25) is 4.79 Å². The molecule has 7 nitrogen and oxygen atoms in total. The number of carbonyl (C=O) groups is 1. The zero-order valence-corrected chi connectivity index (χ0v) is 13.9. The van der Waals surface area contributed by atoms with E-state index in [1.807, 2.05) is 47.4 Å². The van der Waals surface area contributed by atoms with Gasteiger partial charge in [0, 0.05) is 30.5 Å². The second-order valence-electron chi connectivity index (χ2n) is 5.98. The molecule has 1 aliphatic rings. The fourth-order valence-corrected chi connectivity index (χ4v) is 3.11. The molecule has 0 radical (unpaired) electrons. The van der Waals surface area contributed by atoms with Gasteiger partial charge in [0.1, 0.15) is 0 Å². The molecule has 3 aromatic rings. The molecule has 0 saturated carbocycles. The Morgan fingerprint density at radius 1 is 1.20 bits per heavy atom. The number of benzene rings is 2. The van der Waals surface area contributed by atoms with Gasteiger partial charge in [0.2, 0.25) is 5.91 Å². The lowest BCUT2D eigenvalue weighted by Crippen LogP contribution is -2.34. The number of para-hydroxylation sites is 1. The molecule has 0 saturated heterocycles. The normalized spacial score (nSPS) is 12.9. The van der Waals surface area contributed by atoms with E-state index < -0.39 is 0 Å². The number of fused-ring (bicyclic) bond motifs is 1. The van der Waals surface area contributed by atoms with E-state index in [9.17, 15) is 4.79 Å². The summed E-state index contributed by atoms with van der Waals surface area (Å²) in [7, 11) is 1.80. The van der Waals surface area contributed by atoms with Crippen LogP contribution in [0, 0.1) is 0 Å². The first-order chi connectivity index (χ1) is 12.2. The molecule has 0 atom stereocenters. The van der Waals surface area contributed by atoms with E-state index in [4.69, 9.17) is 0 Å². The molecule has 0 fully saturated rings. The number of amides is 1. The highest BCUT2D eigenvalue weighted by atomic mass is 16.2. The highest BCUT2D eigenvalue weighted by Crippen LogP contribution is 2.27. The number of aryl methyl sites for hydroxylation is 1. The zero-order valence-electron chi connectivity index (χ0n) is 13.9. The van der Waals surface area contributed by atoms with Crippen LogP contribution in [0.1, 0.15) is 5.56 Å². The van der Waals surface area contributed by atoms with Crippen LogP contribution in [0.25, 0.3) is 11.4 Å². The fourth-order valence-electron chi connectivity index (χ4n) is 3.11. The third-order valence-corrected chi connectivity index (χ3v) is 4.37. The molecule has 1 N–H and O–H groups in total. The van der Waals surface area contributed by atoms with Crippen LogP contribution in [0.5, 0.6) is 0 Å². The maximum Gasteiger partial charge on any atom is 0.246 e. The van der Waals surface area contributed by atoms with Crippen LogP contribution in [0.15, 0.2) is 48.5 Å². The van der Waals surface area contributed by atoms with Crippen LogP contribution in [0.2, 0.25) is 0 Å². The van der Waals surface area contributed by atoms with Gasteiger partial charge in [-0.05, 0) is 40.6 Å². The Hall–Kier alpha value is -3.22. The van der Waals surface area contributed by atoms with Crippen molar-refractivity contribution in [2.45, 2.75) is 6.42 Å². The third kappa shape index (κ3) is 2.96. The van der Waals surface area contributed by atoms with Gasteiger partial charge < -0.3 is 10.2 Å². The van der Waals surface area contributed by atoms with Crippen LogP contribution < -0.4 is 10.2 Å². The van der Waals surface area contributed by atoms with Crippen molar-refractivity contribution in [3.05, 3.63) is 54.1 Å². The monoisotopic (exact) mass is 334 g/mol. The van der Waals surface area contributed by atoms with Crippen molar-refractivity contribution in [3.63, 3.8) is 0 Å². The minimum absolute atomic E-state index is 0.0654. The maximum atomic E-state index is 12.6. The van der Waals surface area contributed by atoms with Crippen molar-refractivity contribution >= 4 is 17.3 Å². The largest absolute Gasteiger partial charge is 0.376 e.